The molecule has 2 saturated heterocycles. The van der Waals surface area contributed by atoms with Crippen molar-refractivity contribution in [2.45, 2.75) is 57.3 Å². The van der Waals surface area contributed by atoms with Crippen molar-refractivity contribution in [2.75, 3.05) is 0 Å². The molecule has 4 rings (SSSR count). The number of aromatic nitrogens is 2. The highest BCUT2D eigenvalue weighted by Gasteiger charge is 2.34. The lowest BCUT2D eigenvalue weighted by Crippen LogP contribution is -2.39. The minimum Gasteiger partial charge on any atom is -0.352 e. The molecule has 1 aromatic carbocycles. The quantitative estimate of drug-likeness (QED) is 0.817. The van der Waals surface area contributed by atoms with Gasteiger partial charge in [-0.1, -0.05) is 30.3 Å². The zero-order chi connectivity index (χ0) is 17.1. The van der Waals surface area contributed by atoms with Gasteiger partial charge in [-0.2, -0.15) is 5.10 Å². The zero-order valence-electron chi connectivity index (χ0n) is 14.9. The Balaban J connectivity index is 0.00000196. The Morgan fingerprint density at radius 2 is 1.88 bits per heavy atom. The molecule has 2 aliphatic heterocycles. The Labute approximate surface area is 161 Å². The highest BCUT2D eigenvalue weighted by molar-refractivity contribution is 5.85. The third-order valence-electron chi connectivity index (χ3n) is 5.41. The van der Waals surface area contributed by atoms with Crippen LogP contribution >= 0.6 is 12.4 Å². The molecule has 6 heteroatoms. The second kappa shape index (κ2) is 8.69. The van der Waals surface area contributed by atoms with E-state index >= 15 is 0 Å². The van der Waals surface area contributed by atoms with E-state index in [9.17, 15) is 4.79 Å². The molecule has 3 heterocycles. The van der Waals surface area contributed by atoms with Gasteiger partial charge in [-0.15, -0.1) is 12.4 Å². The Bertz CT molecular complexity index is 706. The number of fused-ring (bicyclic) bond motifs is 2. The summed E-state index contributed by atoms with van der Waals surface area (Å²) in [4.78, 5) is 12.3. The molecule has 2 aliphatic rings. The molecule has 0 radical (unpaired) electrons. The number of hydrogen-bond acceptors (Lipinski definition) is 3. The molecular weight excluding hydrogens is 348 g/mol. The lowest BCUT2D eigenvalue weighted by molar-refractivity contribution is -0.122. The summed E-state index contributed by atoms with van der Waals surface area (Å²) in [7, 11) is 0. The van der Waals surface area contributed by atoms with Crippen molar-refractivity contribution in [3.8, 4) is 0 Å². The molecule has 1 aromatic heterocycles. The molecule has 0 aliphatic carbocycles. The van der Waals surface area contributed by atoms with Gasteiger partial charge in [0.15, 0.2) is 0 Å². The van der Waals surface area contributed by atoms with Gasteiger partial charge in [0.05, 0.1) is 12.7 Å². The number of carbonyl (C=O) groups excluding carboxylic acids is 1. The van der Waals surface area contributed by atoms with E-state index in [2.05, 4.69) is 27.9 Å². The number of hydrogen-bond donors (Lipinski definition) is 2. The highest BCUT2D eigenvalue weighted by atomic mass is 35.5. The molecule has 0 saturated carbocycles. The first-order chi connectivity index (χ1) is 12.2. The van der Waals surface area contributed by atoms with Crippen LogP contribution in [0.3, 0.4) is 0 Å². The molecule has 26 heavy (non-hydrogen) atoms. The van der Waals surface area contributed by atoms with E-state index in [0.29, 0.717) is 31.0 Å². The van der Waals surface area contributed by atoms with Gasteiger partial charge in [-0.3, -0.25) is 9.48 Å². The van der Waals surface area contributed by atoms with E-state index in [1.165, 1.54) is 18.4 Å². The molecule has 2 bridgehead atoms. The fraction of sp³-hybridized carbons (Fsp3) is 0.500. The van der Waals surface area contributed by atoms with Crippen LogP contribution in [0.15, 0.2) is 42.7 Å². The molecule has 2 aromatic rings. The van der Waals surface area contributed by atoms with E-state index in [4.69, 9.17) is 0 Å². The second-order valence-electron chi connectivity index (χ2n) is 7.49. The average Bonchev–Trinajstić information content (AvgIpc) is 3.20. The fourth-order valence-electron chi connectivity index (χ4n) is 4.23. The SMILES string of the molecule is Cl.O=C(CC1CC2CCC(C1)N2)NCc1cnn(Cc2ccccc2)c1. The van der Waals surface area contributed by atoms with Gasteiger partial charge in [-0.05, 0) is 37.2 Å². The summed E-state index contributed by atoms with van der Waals surface area (Å²) in [6.45, 7) is 1.32. The number of halogens is 1. The highest BCUT2D eigenvalue weighted by Crippen LogP contribution is 2.32. The minimum absolute atomic E-state index is 0. The number of piperidine rings is 1. The molecule has 1 amide bonds. The van der Waals surface area contributed by atoms with Crippen molar-refractivity contribution in [2.24, 2.45) is 5.92 Å². The van der Waals surface area contributed by atoms with Crippen LogP contribution in [0.25, 0.3) is 0 Å². The van der Waals surface area contributed by atoms with Crippen molar-refractivity contribution in [3.05, 3.63) is 53.9 Å². The van der Waals surface area contributed by atoms with Crippen molar-refractivity contribution < 1.29 is 4.79 Å². The van der Waals surface area contributed by atoms with Crippen molar-refractivity contribution in [1.29, 1.82) is 0 Å². The summed E-state index contributed by atoms with van der Waals surface area (Å²) in [5.41, 5.74) is 2.27. The van der Waals surface area contributed by atoms with Crippen LogP contribution in [0.2, 0.25) is 0 Å². The lowest BCUT2D eigenvalue weighted by atomic mass is 9.89. The molecule has 2 fully saturated rings. The lowest BCUT2D eigenvalue weighted by Gasteiger charge is -2.28. The van der Waals surface area contributed by atoms with Crippen LogP contribution in [0.1, 0.15) is 43.2 Å². The van der Waals surface area contributed by atoms with Crippen LogP contribution in [0, 0.1) is 5.92 Å². The monoisotopic (exact) mass is 374 g/mol. The summed E-state index contributed by atoms with van der Waals surface area (Å²) >= 11 is 0. The number of nitrogens with zero attached hydrogens (tertiary/aromatic N) is 2. The first-order valence-corrected chi connectivity index (χ1v) is 9.32. The minimum atomic E-state index is 0. The van der Waals surface area contributed by atoms with Gasteiger partial charge in [0.1, 0.15) is 0 Å². The van der Waals surface area contributed by atoms with E-state index in [1.54, 1.807) is 0 Å². The summed E-state index contributed by atoms with van der Waals surface area (Å²) in [6, 6.07) is 11.6. The van der Waals surface area contributed by atoms with Crippen LogP contribution in [0.4, 0.5) is 0 Å². The summed E-state index contributed by atoms with van der Waals surface area (Å²) in [6.07, 6.45) is 9.38. The standard InChI is InChI=1S/C20H26N4O.ClH/c25-20(10-16-8-18-6-7-19(9-16)23-18)21-11-17-12-22-24(14-17)13-15-4-2-1-3-5-15;/h1-5,12,14,16,18-19,23H,6-11,13H2,(H,21,25);1H. The Hall–Kier alpha value is -1.85. The van der Waals surface area contributed by atoms with Crippen molar-refractivity contribution in [3.63, 3.8) is 0 Å². The van der Waals surface area contributed by atoms with E-state index in [-0.39, 0.29) is 18.3 Å². The van der Waals surface area contributed by atoms with E-state index < -0.39 is 0 Å². The smallest absolute Gasteiger partial charge is 0.220 e. The number of benzene rings is 1. The van der Waals surface area contributed by atoms with Crippen LogP contribution < -0.4 is 10.6 Å². The first-order valence-electron chi connectivity index (χ1n) is 9.32. The predicted molar refractivity (Wildman–Crippen MR) is 104 cm³/mol. The second-order valence-corrected chi connectivity index (χ2v) is 7.49. The van der Waals surface area contributed by atoms with Gasteiger partial charge in [0.25, 0.3) is 0 Å². The van der Waals surface area contributed by atoms with Crippen LogP contribution in [-0.2, 0) is 17.9 Å². The van der Waals surface area contributed by atoms with Crippen molar-refractivity contribution >= 4 is 18.3 Å². The fourth-order valence-corrected chi connectivity index (χ4v) is 4.23. The molecule has 140 valence electrons. The molecule has 0 spiro atoms. The number of nitrogens with one attached hydrogen (secondary N) is 2. The average molecular weight is 375 g/mol. The van der Waals surface area contributed by atoms with E-state index in [1.807, 2.05) is 35.3 Å². The third kappa shape index (κ3) is 4.86. The maximum atomic E-state index is 12.3. The number of carbonyl (C=O) groups is 1. The molecular formula is C20H27ClN4O. The van der Waals surface area contributed by atoms with Gasteiger partial charge in [0.2, 0.25) is 5.91 Å². The Morgan fingerprint density at radius 3 is 2.62 bits per heavy atom. The van der Waals surface area contributed by atoms with Gasteiger partial charge >= 0.3 is 0 Å². The summed E-state index contributed by atoms with van der Waals surface area (Å²) < 4.78 is 1.92. The number of rotatable bonds is 6. The van der Waals surface area contributed by atoms with E-state index in [0.717, 1.165) is 24.9 Å². The maximum absolute atomic E-state index is 12.3. The summed E-state index contributed by atoms with van der Waals surface area (Å²) in [5.74, 6) is 0.710. The van der Waals surface area contributed by atoms with Crippen LogP contribution in [0.5, 0.6) is 0 Å². The molecule has 2 atom stereocenters. The Morgan fingerprint density at radius 1 is 1.15 bits per heavy atom. The van der Waals surface area contributed by atoms with Crippen molar-refractivity contribution in [1.82, 2.24) is 20.4 Å². The topological polar surface area (TPSA) is 59.0 Å². The third-order valence-corrected chi connectivity index (χ3v) is 5.41. The van der Waals surface area contributed by atoms with Gasteiger partial charge < -0.3 is 10.6 Å². The Kier molecular flexibility index (Phi) is 6.33. The van der Waals surface area contributed by atoms with Crippen LogP contribution in [-0.4, -0.2) is 27.8 Å². The first kappa shape index (κ1) is 18.9. The molecule has 2 unspecified atom stereocenters. The van der Waals surface area contributed by atoms with Gasteiger partial charge in [0, 0.05) is 36.8 Å². The zero-order valence-corrected chi connectivity index (χ0v) is 15.8. The predicted octanol–water partition coefficient (Wildman–Crippen LogP) is 2.89. The number of amides is 1. The largest absolute Gasteiger partial charge is 0.352 e. The molecule has 5 nitrogen and oxygen atoms in total. The normalized spacial score (nSPS) is 24.1. The maximum Gasteiger partial charge on any atom is 0.220 e. The van der Waals surface area contributed by atoms with Gasteiger partial charge in [-0.25, -0.2) is 0 Å². The molecule has 2 N–H and O–H groups in total. The summed E-state index contributed by atoms with van der Waals surface area (Å²) in [5, 5.41) is 11.1.